The van der Waals surface area contributed by atoms with Crippen LogP contribution in [0.1, 0.15) is 26.4 Å². The molecular formula is C18H12N2O3. The summed E-state index contributed by atoms with van der Waals surface area (Å²) in [5.74, 6) is -1.25. The monoisotopic (exact) mass is 304 g/mol. The van der Waals surface area contributed by atoms with Gasteiger partial charge in [-0.15, -0.1) is 0 Å². The van der Waals surface area contributed by atoms with Crippen molar-refractivity contribution in [3.63, 3.8) is 0 Å². The number of aromatic carboxylic acids is 1. The lowest BCUT2D eigenvalue weighted by Crippen LogP contribution is -1.99. The molecule has 0 spiro atoms. The summed E-state index contributed by atoms with van der Waals surface area (Å²) in [5, 5.41) is 8.84. The lowest BCUT2D eigenvalue weighted by Gasteiger charge is -1.99. The van der Waals surface area contributed by atoms with Crippen LogP contribution in [0.3, 0.4) is 0 Å². The van der Waals surface area contributed by atoms with Crippen molar-refractivity contribution in [2.45, 2.75) is 0 Å². The Morgan fingerprint density at radius 3 is 2.26 bits per heavy atom. The number of carboxylic acids is 1. The average molecular weight is 304 g/mol. The molecule has 3 aromatic rings. The molecule has 0 aliphatic heterocycles. The van der Waals surface area contributed by atoms with E-state index < -0.39 is 5.97 Å². The van der Waals surface area contributed by atoms with Gasteiger partial charge in [0, 0.05) is 5.56 Å². The number of hydrogen-bond acceptors (Lipinski definition) is 4. The number of para-hydroxylation sites is 2. The second-order valence-corrected chi connectivity index (χ2v) is 4.86. The summed E-state index contributed by atoms with van der Waals surface area (Å²) >= 11 is 0. The van der Waals surface area contributed by atoms with E-state index >= 15 is 0 Å². The van der Waals surface area contributed by atoms with Crippen LogP contribution in [0.25, 0.3) is 17.1 Å². The predicted molar refractivity (Wildman–Crippen MR) is 86.3 cm³/mol. The highest BCUT2D eigenvalue weighted by atomic mass is 16.4. The quantitative estimate of drug-likeness (QED) is 0.591. The SMILES string of the molecule is O=C(O)c1ccc(C(=O)/C=C/c2cnc3ccccc3n2)cc1. The van der Waals surface area contributed by atoms with E-state index in [2.05, 4.69) is 9.97 Å². The zero-order valence-electron chi connectivity index (χ0n) is 12.0. The van der Waals surface area contributed by atoms with Crippen LogP contribution >= 0.6 is 0 Å². The third-order valence-electron chi connectivity index (χ3n) is 3.29. The normalized spacial score (nSPS) is 11.0. The Kier molecular flexibility index (Phi) is 3.93. The molecule has 112 valence electrons. The molecule has 0 radical (unpaired) electrons. The van der Waals surface area contributed by atoms with E-state index in [1.165, 1.54) is 30.3 Å². The van der Waals surface area contributed by atoms with Gasteiger partial charge in [-0.3, -0.25) is 9.78 Å². The minimum atomic E-state index is -1.02. The third kappa shape index (κ3) is 3.29. The van der Waals surface area contributed by atoms with Crippen LogP contribution in [0.5, 0.6) is 0 Å². The summed E-state index contributed by atoms with van der Waals surface area (Å²) in [6, 6.07) is 13.3. The molecule has 0 unspecified atom stereocenters. The van der Waals surface area contributed by atoms with E-state index in [-0.39, 0.29) is 11.3 Å². The van der Waals surface area contributed by atoms with E-state index in [0.29, 0.717) is 11.3 Å². The first kappa shape index (κ1) is 14.6. The molecule has 5 heteroatoms. The molecule has 0 aliphatic rings. The van der Waals surface area contributed by atoms with Gasteiger partial charge in [0.1, 0.15) is 0 Å². The van der Waals surface area contributed by atoms with Gasteiger partial charge >= 0.3 is 5.97 Å². The number of carbonyl (C=O) groups is 2. The Bertz CT molecular complexity index is 915. The standard InChI is InChI=1S/C18H12N2O3/c21-17(12-5-7-13(8-6-12)18(22)23)10-9-14-11-19-15-3-1-2-4-16(15)20-14/h1-11H,(H,22,23)/b10-9+. The fourth-order valence-electron chi connectivity index (χ4n) is 2.09. The number of rotatable bonds is 4. The highest BCUT2D eigenvalue weighted by molar-refractivity contribution is 6.07. The van der Waals surface area contributed by atoms with Gasteiger partial charge in [0.15, 0.2) is 5.78 Å². The van der Waals surface area contributed by atoms with Crippen LogP contribution in [0.4, 0.5) is 0 Å². The van der Waals surface area contributed by atoms with Gasteiger partial charge in [-0.1, -0.05) is 24.3 Å². The second-order valence-electron chi connectivity index (χ2n) is 4.86. The Morgan fingerprint density at radius 2 is 1.57 bits per heavy atom. The smallest absolute Gasteiger partial charge is 0.335 e. The molecule has 0 fully saturated rings. The molecule has 5 nitrogen and oxygen atoms in total. The van der Waals surface area contributed by atoms with E-state index in [1.807, 2.05) is 24.3 Å². The van der Waals surface area contributed by atoms with E-state index in [1.54, 1.807) is 12.3 Å². The number of aromatic nitrogens is 2. The summed E-state index contributed by atoms with van der Waals surface area (Å²) in [4.78, 5) is 31.5. The molecule has 23 heavy (non-hydrogen) atoms. The fourth-order valence-corrected chi connectivity index (χ4v) is 2.09. The van der Waals surface area contributed by atoms with Crippen LogP contribution < -0.4 is 0 Å². The van der Waals surface area contributed by atoms with Crippen LogP contribution in [-0.4, -0.2) is 26.8 Å². The van der Waals surface area contributed by atoms with Crippen molar-refractivity contribution in [1.82, 2.24) is 9.97 Å². The Labute approximate surface area is 131 Å². The van der Waals surface area contributed by atoms with Gasteiger partial charge in [0.05, 0.1) is 28.5 Å². The molecule has 2 aromatic carbocycles. The first-order valence-corrected chi connectivity index (χ1v) is 6.91. The largest absolute Gasteiger partial charge is 0.478 e. The number of benzene rings is 2. The molecule has 3 rings (SSSR count). The van der Waals surface area contributed by atoms with Gasteiger partial charge in [-0.25, -0.2) is 9.78 Å². The Morgan fingerprint density at radius 1 is 0.913 bits per heavy atom. The molecule has 1 heterocycles. The molecule has 0 saturated heterocycles. The molecule has 0 saturated carbocycles. The van der Waals surface area contributed by atoms with Gasteiger partial charge in [0.25, 0.3) is 0 Å². The topological polar surface area (TPSA) is 80.1 Å². The number of carbonyl (C=O) groups excluding carboxylic acids is 1. The summed E-state index contributed by atoms with van der Waals surface area (Å²) in [5.41, 5.74) is 2.69. The highest BCUT2D eigenvalue weighted by Gasteiger charge is 2.05. The zero-order valence-corrected chi connectivity index (χ0v) is 12.0. The number of ketones is 1. The number of hydrogen-bond donors (Lipinski definition) is 1. The Hall–Kier alpha value is -3.34. The minimum absolute atomic E-state index is 0.144. The summed E-state index contributed by atoms with van der Waals surface area (Å²) in [7, 11) is 0. The van der Waals surface area contributed by atoms with Gasteiger partial charge < -0.3 is 5.11 Å². The zero-order chi connectivity index (χ0) is 16.2. The van der Waals surface area contributed by atoms with Crippen molar-refractivity contribution in [3.05, 3.63) is 77.6 Å². The molecule has 0 aliphatic carbocycles. The van der Waals surface area contributed by atoms with Gasteiger partial charge in [0.2, 0.25) is 0 Å². The number of allylic oxidation sites excluding steroid dienone is 1. The maximum atomic E-state index is 12.1. The van der Waals surface area contributed by atoms with Gasteiger partial charge in [-0.05, 0) is 36.4 Å². The van der Waals surface area contributed by atoms with E-state index in [9.17, 15) is 9.59 Å². The average Bonchev–Trinajstić information content (AvgIpc) is 2.59. The second kappa shape index (κ2) is 6.19. The molecule has 0 atom stereocenters. The van der Waals surface area contributed by atoms with E-state index in [4.69, 9.17) is 5.11 Å². The van der Waals surface area contributed by atoms with Crippen molar-refractivity contribution >= 4 is 28.9 Å². The summed E-state index contributed by atoms with van der Waals surface area (Å²) in [6.45, 7) is 0. The van der Waals surface area contributed by atoms with Crippen molar-refractivity contribution in [1.29, 1.82) is 0 Å². The number of carboxylic acid groups (broad SMARTS) is 1. The fraction of sp³-hybridized carbons (Fsp3) is 0. The maximum Gasteiger partial charge on any atom is 0.335 e. The highest BCUT2D eigenvalue weighted by Crippen LogP contribution is 2.10. The summed E-state index contributed by atoms with van der Waals surface area (Å²) in [6.07, 6.45) is 4.58. The lowest BCUT2D eigenvalue weighted by molar-refractivity contribution is 0.0696. The molecular weight excluding hydrogens is 292 g/mol. The van der Waals surface area contributed by atoms with Crippen LogP contribution in [0, 0.1) is 0 Å². The first-order chi connectivity index (χ1) is 11.1. The van der Waals surface area contributed by atoms with Crippen LogP contribution in [-0.2, 0) is 0 Å². The molecule has 1 aromatic heterocycles. The molecule has 1 N–H and O–H groups in total. The minimum Gasteiger partial charge on any atom is -0.478 e. The van der Waals surface area contributed by atoms with Crippen molar-refractivity contribution in [3.8, 4) is 0 Å². The van der Waals surface area contributed by atoms with E-state index in [0.717, 1.165) is 11.0 Å². The Balaban J connectivity index is 1.80. The van der Waals surface area contributed by atoms with Gasteiger partial charge in [-0.2, -0.15) is 0 Å². The third-order valence-corrected chi connectivity index (χ3v) is 3.29. The molecule has 0 amide bonds. The predicted octanol–water partition coefficient (Wildman–Crippen LogP) is 3.22. The summed E-state index contributed by atoms with van der Waals surface area (Å²) < 4.78 is 0. The van der Waals surface area contributed by atoms with Crippen molar-refractivity contribution < 1.29 is 14.7 Å². The van der Waals surface area contributed by atoms with Crippen LogP contribution in [0.2, 0.25) is 0 Å². The maximum absolute atomic E-state index is 12.1. The van der Waals surface area contributed by atoms with Crippen LogP contribution in [0.15, 0.2) is 60.8 Å². The number of nitrogens with zero attached hydrogens (tertiary/aromatic N) is 2. The lowest BCUT2D eigenvalue weighted by atomic mass is 10.1. The van der Waals surface area contributed by atoms with Crippen molar-refractivity contribution in [2.24, 2.45) is 0 Å². The van der Waals surface area contributed by atoms with Crippen molar-refractivity contribution in [2.75, 3.05) is 0 Å². The number of fused-ring (bicyclic) bond motifs is 1. The molecule has 0 bridgehead atoms. The first-order valence-electron chi connectivity index (χ1n) is 6.91.